The van der Waals surface area contributed by atoms with Crippen LogP contribution in [0.15, 0.2) is 42.7 Å². The molecular weight excluding hydrogens is 269 g/mol. The maximum Gasteiger partial charge on any atom is 0.254 e. The molecule has 2 aromatic rings. The van der Waals surface area contributed by atoms with Gasteiger partial charge >= 0.3 is 0 Å². The number of nitriles is 1. The van der Waals surface area contributed by atoms with Crippen LogP contribution in [0.25, 0.3) is 0 Å². The molecule has 0 atom stereocenters. The van der Waals surface area contributed by atoms with Gasteiger partial charge in [-0.2, -0.15) is 5.26 Å². The normalized spacial score (nSPS) is 14.4. The average molecular weight is 281 g/mol. The summed E-state index contributed by atoms with van der Waals surface area (Å²) in [5, 5.41) is 8.82. The molecule has 1 aromatic heterocycles. The summed E-state index contributed by atoms with van der Waals surface area (Å²) in [4.78, 5) is 17.9. The van der Waals surface area contributed by atoms with Crippen molar-refractivity contribution in [2.75, 3.05) is 13.1 Å². The zero-order valence-corrected chi connectivity index (χ0v) is 11.2. The van der Waals surface area contributed by atoms with Crippen LogP contribution >= 0.6 is 0 Å². The van der Waals surface area contributed by atoms with Gasteiger partial charge in [0.15, 0.2) is 0 Å². The zero-order valence-electron chi connectivity index (χ0n) is 11.2. The van der Waals surface area contributed by atoms with E-state index >= 15 is 0 Å². The lowest BCUT2D eigenvalue weighted by molar-refractivity contribution is 0.0602. The second kappa shape index (κ2) is 5.33. The third-order valence-corrected chi connectivity index (χ3v) is 3.62. The molecule has 1 aromatic carbocycles. The minimum atomic E-state index is -0.566. The second-order valence-electron chi connectivity index (χ2n) is 5.03. The van der Waals surface area contributed by atoms with Gasteiger partial charge in [0.2, 0.25) is 0 Å². The van der Waals surface area contributed by atoms with Crippen molar-refractivity contribution in [1.29, 1.82) is 5.26 Å². The Balaban J connectivity index is 1.71. The molecule has 0 aliphatic carbocycles. The largest absolute Gasteiger partial charge is 0.337 e. The molecule has 0 saturated carbocycles. The quantitative estimate of drug-likeness (QED) is 0.849. The number of aromatic nitrogens is 1. The lowest BCUT2D eigenvalue weighted by Crippen LogP contribution is -2.48. The van der Waals surface area contributed by atoms with E-state index in [0.717, 1.165) is 11.6 Å². The predicted octanol–water partition coefficient (Wildman–Crippen LogP) is 2.33. The number of amides is 1. The summed E-state index contributed by atoms with van der Waals surface area (Å²) in [5.74, 6) is -0.513. The summed E-state index contributed by atoms with van der Waals surface area (Å²) in [6.45, 7) is 1.20. The molecule has 104 valence electrons. The minimum absolute atomic E-state index is 0.157. The zero-order chi connectivity index (χ0) is 14.8. The van der Waals surface area contributed by atoms with Crippen LogP contribution in [0.2, 0.25) is 0 Å². The standard InChI is InChI=1S/C16H12FN3O/c17-15-6-11(8-18)5-13(7-15)16(21)20-9-14(10-20)12-1-3-19-4-2-12/h1-7,14H,9-10H2. The fraction of sp³-hybridized carbons (Fsp3) is 0.188. The summed E-state index contributed by atoms with van der Waals surface area (Å²) in [6, 6.07) is 9.43. The lowest BCUT2D eigenvalue weighted by Gasteiger charge is -2.39. The molecule has 21 heavy (non-hydrogen) atoms. The Morgan fingerprint density at radius 3 is 2.67 bits per heavy atom. The molecule has 1 aliphatic rings. The average Bonchev–Trinajstić information content (AvgIpc) is 2.46. The van der Waals surface area contributed by atoms with Crippen LogP contribution in [0, 0.1) is 17.1 Å². The molecular formula is C16H12FN3O. The van der Waals surface area contributed by atoms with Crippen molar-refractivity contribution in [3.63, 3.8) is 0 Å². The maximum absolute atomic E-state index is 13.4. The Hall–Kier alpha value is -2.74. The SMILES string of the molecule is N#Cc1cc(F)cc(C(=O)N2CC(c3ccncc3)C2)c1. The molecule has 5 heteroatoms. The molecule has 2 heterocycles. The molecule has 3 rings (SSSR count). The monoisotopic (exact) mass is 281 g/mol. The number of hydrogen-bond donors (Lipinski definition) is 0. The van der Waals surface area contributed by atoms with E-state index in [1.807, 2.05) is 18.2 Å². The number of halogens is 1. The van der Waals surface area contributed by atoms with E-state index in [4.69, 9.17) is 5.26 Å². The summed E-state index contributed by atoms with van der Waals surface area (Å²) in [6.07, 6.45) is 3.46. The highest BCUT2D eigenvalue weighted by Crippen LogP contribution is 2.28. The Morgan fingerprint density at radius 2 is 2.00 bits per heavy atom. The first-order valence-corrected chi connectivity index (χ1v) is 6.57. The molecule has 1 amide bonds. The van der Waals surface area contributed by atoms with Crippen molar-refractivity contribution in [2.24, 2.45) is 0 Å². The van der Waals surface area contributed by atoms with E-state index in [1.54, 1.807) is 17.3 Å². The van der Waals surface area contributed by atoms with E-state index < -0.39 is 5.82 Å². The van der Waals surface area contributed by atoms with Gasteiger partial charge in [0.05, 0.1) is 11.6 Å². The van der Waals surface area contributed by atoms with E-state index in [9.17, 15) is 9.18 Å². The van der Waals surface area contributed by atoms with Crippen LogP contribution in [0.3, 0.4) is 0 Å². The van der Waals surface area contributed by atoms with Gasteiger partial charge in [-0.15, -0.1) is 0 Å². The molecule has 0 radical (unpaired) electrons. The number of nitrogens with zero attached hydrogens (tertiary/aromatic N) is 3. The van der Waals surface area contributed by atoms with Crippen LogP contribution in [-0.2, 0) is 0 Å². The van der Waals surface area contributed by atoms with Crippen LogP contribution in [-0.4, -0.2) is 28.9 Å². The third-order valence-electron chi connectivity index (χ3n) is 3.62. The third kappa shape index (κ3) is 2.61. The Kier molecular flexibility index (Phi) is 3.36. The minimum Gasteiger partial charge on any atom is -0.337 e. The molecule has 1 aliphatic heterocycles. The van der Waals surface area contributed by atoms with Crippen molar-refractivity contribution in [3.8, 4) is 6.07 Å². The number of benzene rings is 1. The predicted molar refractivity (Wildman–Crippen MR) is 74.0 cm³/mol. The van der Waals surface area contributed by atoms with Crippen molar-refractivity contribution in [2.45, 2.75) is 5.92 Å². The number of carbonyl (C=O) groups excluding carboxylic acids is 1. The summed E-state index contributed by atoms with van der Waals surface area (Å²) in [5.41, 5.74) is 1.52. The maximum atomic E-state index is 13.4. The van der Waals surface area contributed by atoms with Crippen LogP contribution in [0.5, 0.6) is 0 Å². The van der Waals surface area contributed by atoms with Crippen LogP contribution < -0.4 is 0 Å². The first kappa shape index (κ1) is 13.3. The van der Waals surface area contributed by atoms with Gasteiger partial charge in [-0.25, -0.2) is 4.39 Å². The molecule has 1 fully saturated rings. The first-order chi connectivity index (χ1) is 10.2. The molecule has 4 nitrogen and oxygen atoms in total. The highest BCUT2D eigenvalue weighted by molar-refractivity contribution is 5.95. The van der Waals surface area contributed by atoms with Gasteiger partial charge < -0.3 is 4.90 Å². The fourth-order valence-electron chi connectivity index (χ4n) is 2.45. The van der Waals surface area contributed by atoms with E-state index in [-0.39, 0.29) is 17.0 Å². The van der Waals surface area contributed by atoms with Crippen LogP contribution in [0.1, 0.15) is 27.4 Å². The van der Waals surface area contributed by atoms with Gasteiger partial charge in [-0.3, -0.25) is 9.78 Å². The topological polar surface area (TPSA) is 57.0 Å². The van der Waals surface area contributed by atoms with Crippen molar-refractivity contribution in [1.82, 2.24) is 9.88 Å². The molecule has 0 bridgehead atoms. The highest BCUT2D eigenvalue weighted by Gasteiger charge is 2.32. The highest BCUT2D eigenvalue weighted by atomic mass is 19.1. The molecule has 1 saturated heterocycles. The van der Waals surface area contributed by atoms with Gasteiger partial charge in [0.25, 0.3) is 5.91 Å². The molecule has 0 spiro atoms. The Labute approximate surface area is 121 Å². The Bertz CT molecular complexity index is 718. The van der Waals surface area contributed by atoms with Crippen molar-refractivity contribution < 1.29 is 9.18 Å². The van der Waals surface area contributed by atoms with Crippen LogP contribution in [0.4, 0.5) is 4.39 Å². The first-order valence-electron chi connectivity index (χ1n) is 6.57. The van der Waals surface area contributed by atoms with Crippen molar-refractivity contribution >= 4 is 5.91 Å². The summed E-state index contributed by atoms with van der Waals surface area (Å²) >= 11 is 0. The van der Waals surface area contributed by atoms with Gasteiger partial charge in [0, 0.05) is 37.0 Å². The second-order valence-corrected chi connectivity index (χ2v) is 5.03. The molecule has 0 unspecified atom stereocenters. The van der Waals surface area contributed by atoms with E-state index in [1.165, 1.54) is 12.1 Å². The lowest BCUT2D eigenvalue weighted by atomic mass is 9.91. The number of pyridine rings is 1. The van der Waals surface area contributed by atoms with E-state index in [2.05, 4.69) is 4.98 Å². The number of rotatable bonds is 2. The Morgan fingerprint density at radius 1 is 1.29 bits per heavy atom. The molecule has 0 N–H and O–H groups in total. The van der Waals surface area contributed by atoms with Crippen molar-refractivity contribution in [3.05, 3.63) is 65.2 Å². The van der Waals surface area contributed by atoms with Gasteiger partial charge in [-0.1, -0.05) is 0 Å². The van der Waals surface area contributed by atoms with E-state index in [0.29, 0.717) is 19.0 Å². The van der Waals surface area contributed by atoms with Gasteiger partial charge in [0.1, 0.15) is 5.82 Å². The number of hydrogen-bond acceptors (Lipinski definition) is 3. The summed E-state index contributed by atoms with van der Waals surface area (Å²) in [7, 11) is 0. The fourth-order valence-corrected chi connectivity index (χ4v) is 2.45. The smallest absolute Gasteiger partial charge is 0.254 e. The summed E-state index contributed by atoms with van der Waals surface area (Å²) < 4.78 is 13.4. The number of likely N-dealkylation sites (tertiary alicyclic amines) is 1. The number of carbonyl (C=O) groups is 1. The van der Waals surface area contributed by atoms with Gasteiger partial charge in [-0.05, 0) is 35.9 Å².